The van der Waals surface area contributed by atoms with Crippen LogP contribution in [-0.2, 0) is 0 Å². The number of aliphatic hydroxyl groups excluding tert-OH is 2. The van der Waals surface area contributed by atoms with Gasteiger partial charge in [0.25, 0.3) is 0 Å². The number of hydrogen-bond acceptors (Lipinski definition) is 4. The van der Waals surface area contributed by atoms with E-state index in [2.05, 4.69) is 20.8 Å². The minimum absolute atomic E-state index is 0.0427. The molecule has 3 unspecified atom stereocenters. The molecule has 3 nitrogen and oxygen atoms in total. The number of hydrogen-bond donors (Lipinski definition) is 3. The molecule has 0 aromatic carbocycles. The molecule has 0 rings (SSSR count). The Morgan fingerprint density at radius 1 is 1.20 bits per heavy atom. The molecule has 0 fully saturated rings. The second-order valence-corrected chi connectivity index (χ2v) is 6.16. The lowest BCUT2D eigenvalue weighted by atomic mass is 10.0. The van der Waals surface area contributed by atoms with E-state index in [-0.39, 0.29) is 24.5 Å². The molecule has 0 saturated heterocycles. The van der Waals surface area contributed by atoms with Crippen molar-refractivity contribution in [3.63, 3.8) is 0 Å². The molecule has 4 N–H and O–H groups in total. The fraction of sp³-hybridized carbons (Fsp3) is 1.00. The summed E-state index contributed by atoms with van der Waals surface area (Å²) in [5.74, 6) is 0.558. The van der Waals surface area contributed by atoms with E-state index in [0.717, 1.165) is 12.8 Å². The normalized spacial score (nSPS) is 17.8. The van der Waals surface area contributed by atoms with Crippen LogP contribution in [0.15, 0.2) is 0 Å². The van der Waals surface area contributed by atoms with Crippen LogP contribution < -0.4 is 5.73 Å². The summed E-state index contributed by atoms with van der Waals surface area (Å²) in [5.41, 5.74) is 6.03. The van der Waals surface area contributed by atoms with Crippen molar-refractivity contribution >= 4 is 11.8 Å². The third-order valence-corrected chi connectivity index (χ3v) is 3.89. The van der Waals surface area contributed by atoms with Gasteiger partial charge in [0, 0.05) is 23.1 Å². The highest BCUT2D eigenvalue weighted by Crippen LogP contribution is 2.24. The third kappa shape index (κ3) is 7.17. The summed E-state index contributed by atoms with van der Waals surface area (Å²) in [5, 5.41) is 18.5. The van der Waals surface area contributed by atoms with Gasteiger partial charge < -0.3 is 15.9 Å². The van der Waals surface area contributed by atoms with E-state index < -0.39 is 0 Å². The second-order valence-electron chi connectivity index (χ2n) is 4.47. The van der Waals surface area contributed by atoms with Crippen molar-refractivity contribution in [2.24, 2.45) is 11.7 Å². The predicted octanol–water partition coefficient (Wildman–Crippen LogP) is 1.22. The predicted molar refractivity (Wildman–Crippen MR) is 67.1 cm³/mol. The average Bonchev–Trinajstić information content (AvgIpc) is 2.13. The van der Waals surface area contributed by atoms with Crippen LogP contribution in [-0.4, -0.2) is 40.0 Å². The lowest BCUT2D eigenvalue weighted by Gasteiger charge is -2.25. The van der Waals surface area contributed by atoms with Crippen molar-refractivity contribution in [2.45, 2.75) is 50.2 Å². The molecule has 3 atom stereocenters. The zero-order valence-corrected chi connectivity index (χ0v) is 10.8. The van der Waals surface area contributed by atoms with Crippen LogP contribution in [0, 0.1) is 5.92 Å². The van der Waals surface area contributed by atoms with E-state index in [1.54, 1.807) is 11.8 Å². The van der Waals surface area contributed by atoms with Gasteiger partial charge in [-0.15, -0.1) is 0 Å². The number of thioether (sulfide) groups is 1. The standard InChI is InChI=1S/C11H25NO2S/c1-8(2)6-10(12)11(7-14)15-9(3)4-5-13/h8-11,13-14H,4-7,12H2,1-3H3. The third-order valence-electron chi connectivity index (χ3n) is 2.34. The molecule has 0 aliphatic carbocycles. The van der Waals surface area contributed by atoms with Gasteiger partial charge in [0.1, 0.15) is 0 Å². The van der Waals surface area contributed by atoms with Crippen molar-refractivity contribution in [1.29, 1.82) is 0 Å². The maximum absolute atomic E-state index is 9.26. The molecular formula is C11H25NO2S. The first-order valence-corrected chi connectivity index (χ1v) is 6.58. The first kappa shape index (κ1) is 15.2. The van der Waals surface area contributed by atoms with Crippen molar-refractivity contribution in [3.8, 4) is 0 Å². The van der Waals surface area contributed by atoms with Crippen LogP contribution in [0.5, 0.6) is 0 Å². The zero-order chi connectivity index (χ0) is 11.8. The first-order chi connectivity index (χ1) is 7.01. The molecule has 0 aromatic heterocycles. The summed E-state index contributed by atoms with van der Waals surface area (Å²) in [4.78, 5) is 0. The summed E-state index contributed by atoms with van der Waals surface area (Å²) >= 11 is 1.68. The van der Waals surface area contributed by atoms with Gasteiger partial charge in [0.2, 0.25) is 0 Å². The lowest BCUT2D eigenvalue weighted by molar-refractivity contribution is 0.272. The number of rotatable bonds is 8. The Hall–Kier alpha value is 0.230. The van der Waals surface area contributed by atoms with Crippen LogP contribution in [0.25, 0.3) is 0 Å². The van der Waals surface area contributed by atoms with Crippen LogP contribution in [0.3, 0.4) is 0 Å². The number of aliphatic hydroxyl groups is 2. The van der Waals surface area contributed by atoms with Crippen molar-refractivity contribution in [3.05, 3.63) is 0 Å². The highest BCUT2D eigenvalue weighted by atomic mass is 32.2. The summed E-state index contributed by atoms with van der Waals surface area (Å²) in [6.45, 7) is 6.65. The molecule has 0 heterocycles. The quantitative estimate of drug-likeness (QED) is 0.592. The summed E-state index contributed by atoms with van der Waals surface area (Å²) in [6.07, 6.45) is 1.69. The van der Waals surface area contributed by atoms with Gasteiger partial charge in [-0.1, -0.05) is 20.8 Å². The smallest absolute Gasteiger partial charge is 0.0565 e. The molecule has 0 bridgehead atoms. The van der Waals surface area contributed by atoms with Crippen molar-refractivity contribution < 1.29 is 10.2 Å². The highest BCUT2D eigenvalue weighted by molar-refractivity contribution is 8.00. The van der Waals surface area contributed by atoms with E-state index >= 15 is 0 Å². The average molecular weight is 235 g/mol. The van der Waals surface area contributed by atoms with E-state index in [1.807, 2.05) is 0 Å². The Morgan fingerprint density at radius 2 is 1.80 bits per heavy atom. The van der Waals surface area contributed by atoms with Gasteiger partial charge >= 0.3 is 0 Å². The van der Waals surface area contributed by atoms with Crippen molar-refractivity contribution in [1.82, 2.24) is 0 Å². The van der Waals surface area contributed by atoms with Crippen molar-refractivity contribution in [2.75, 3.05) is 13.2 Å². The SMILES string of the molecule is CC(C)CC(N)C(CO)SC(C)CCO. The fourth-order valence-electron chi connectivity index (χ4n) is 1.52. The first-order valence-electron chi connectivity index (χ1n) is 5.64. The molecule has 0 aromatic rings. The van der Waals surface area contributed by atoms with E-state index in [9.17, 15) is 5.11 Å². The van der Waals surface area contributed by atoms with Gasteiger partial charge in [0.05, 0.1) is 6.61 Å². The zero-order valence-electron chi connectivity index (χ0n) is 10.0. The van der Waals surface area contributed by atoms with Crippen LogP contribution >= 0.6 is 11.8 Å². The fourth-order valence-corrected chi connectivity index (χ4v) is 2.76. The summed E-state index contributed by atoms with van der Waals surface area (Å²) in [7, 11) is 0. The Balaban J connectivity index is 3.99. The Morgan fingerprint density at radius 3 is 2.20 bits per heavy atom. The Kier molecular flexibility index (Phi) is 8.52. The van der Waals surface area contributed by atoms with E-state index in [1.165, 1.54) is 0 Å². The molecule has 0 spiro atoms. The molecular weight excluding hydrogens is 210 g/mol. The molecule has 4 heteroatoms. The second kappa shape index (κ2) is 8.39. The Bertz CT molecular complexity index is 156. The topological polar surface area (TPSA) is 66.5 Å². The van der Waals surface area contributed by atoms with Crippen LogP contribution in [0.1, 0.15) is 33.6 Å². The monoisotopic (exact) mass is 235 g/mol. The molecule has 92 valence electrons. The summed E-state index contributed by atoms with van der Waals surface area (Å²) < 4.78 is 0. The Labute approximate surface area is 97.4 Å². The minimum atomic E-state index is 0.0427. The van der Waals surface area contributed by atoms with E-state index in [0.29, 0.717) is 11.2 Å². The molecule has 0 aliphatic rings. The molecule has 0 aliphatic heterocycles. The van der Waals surface area contributed by atoms with Gasteiger partial charge in [0.15, 0.2) is 0 Å². The van der Waals surface area contributed by atoms with Gasteiger partial charge in [-0.05, 0) is 18.8 Å². The molecule has 0 saturated carbocycles. The van der Waals surface area contributed by atoms with Gasteiger partial charge in [-0.25, -0.2) is 0 Å². The van der Waals surface area contributed by atoms with Crippen LogP contribution in [0.4, 0.5) is 0 Å². The highest BCUT2D eigenvalue weighted by Gasteiger charge is 2.20. The maximum Gasteiger partial charge on any atom is 0.0565 e. The van der Waals surface area contributed by atoms with Crippen LogP contribution in [0.2, 0.25) is 0 Å². The minimum Gasteiger partial charge on any atom is -0.396 e. The summed E-state index contributed by atoms with van der Waals surface area (Å²) in [6, 6.07) is 0.0427. The number of nitrogens with two attached hydrogens (primary N) is 1. The largest absolute Gasteiger partial charge is 0.396 e. The molecule has 15 heavy (non-hydrogen) atoms. The van der Waals surface area contributed by atoms with Gasteiger partial charge in [-0.2, -0.15) is 11.8 Å². The lowest BCUT2D eigenvalue weighted by Crippen LogP contribution is -2.37. The molecule has 0 amide bonds. The maximum atomic E-state index is 9.26. The molecule has 0 radical (unpaired) electrons. The van der Waals surface area contributed by atoms with Gasteiger partial charge in [-0.3, -0.25) is 0 Å². The van der Waals surface area contributed by atoms with E-state index in [4.69, 9.17) is 10.8 Å².